The van der Waals surface area contributed by atoms with Crippen LogP contribution >= 0.6 is 23.5 Å². The summed E-state index contributed by atoms with van der Waals surface area (Å²) in [6, 6.07) is 7.10. The molecule has 0 fully saturated rings. The average molecular weight is 363 g/mol. The van der Waals surface area contributed by atoms with Crippen LogP contribution in [-0.2, 0) is 15.3 Å². The molecule has 0 amide bonds. The summed E-state index contributed by atoms with van der Waals surface area (Å²) in [4.78, 5) is 36.1. The van der Waals surface area contributed by atoms with E-state index >= 15 is 0 Å². The summed E-state index contributed by atoms with van der Waals surface area (Å²) in [5.41, 5.74) is 0.362. The summed E-state index contributed by atoms with van der Waals surface area (Å²) in [6.07, 6.45) is 1.71. The molecule has 0 atom stereocenters. The molecule has 8 nitrogen and oxygen atoms in total. The molecule has 124 valence electrons. The minimum Gasteiger partial charge on any atom is -0.468 e. The van der Waals surface area contributed by atoms with Gasteiger partial charge >= 0.3 is 5.97 Å². The van der Waals surface area contributed by atoms with Crippen molar-refractivity contribution in [3.8, 4) is 0 Å². The van der Waals surface area contributed by atoms with E-state index in [-0.39, 0.29) is 23.1 Å². The smallest absolute Gasteiger partial charge is 0.316 e. The van der Waals surface area contributed by atoms with Crippen molar-refractivity contribution in [1.82, 2.24) is 24.6 Å². The van der Waals surface area contributed by atoms with Crippen LogP contribution in [-0.4, -0.2) is 43.4 Å². The molecule has 3 aromatic heterocycles. The zero-order valence-electron chi connectivity index (χ0n) is 12.6. The summed E-state index contributed by atoms with van der Waals surface area (Å²) in [6.45, 7) is 0. The number of hydrogen-bond donors (Lipinski definition) is 1. The molecular weight excluding hydrogens is 350 g/mol. The number of pyridine rings is 1. The molecule has 0 saturated carbocycles. The van der Waals surface area contributed by atoms with Crippen LogP contribution in [0.4, 0.5) is 0 Å². The van der Waals surface area contributed by atoms with Crippen LogP contribution in [0.5, 0.6) is 0 Å². The normalized spacial score (nSPS) is 10.9. The summed E-state index contributed by atoms with van der Waals surface area (Å²) in [5, 5.41) is 4.10. The molecule has 3 aromatic rings. The first-order valence-corrected chi connectivity index (χ1v) is 8.85. The van der Waals surface area contributed by atoms with Crippen LogP contribution in [0, 0.1) is 0 Å². The lowest BCUT2D eigenvalue weighted by atomic mass is 10.4. The van der Waals surface area contributed by atoms with Crippen molar-refractivity contribution >= 4 is 35.3 Å². The molecule has 3 rings (SSSR count). The number of carbonyl (C=O) groups excluding carboxylic acids is 1. The van der Waals surface area contributed by atoms with Crippen molar-refractivity contribution < 1.29 is 9.53 Å². The Balaban J connectivity index is 1.76. The van der Waals surface area contributed by atoms with Gasteiger partial charge in [-0.25, -0.2) is 9.97 Å². The highest BCUT2D eigenvalue weighted by atomic mass is 32.2. The van der Waals surface area contributed by atoms with Crippen LogP contribution in [0.3, 0.4) is 0 Å². The van der Waals surface area contributed by atoms with Crippen molar-refractivity contribution in [1.29, 1.82) is 0 Å². The topological polar surface area (TPSA) is 102 Å². The maximum Gasteiger partial charge on any atom is 0.316 e. The van der Waals surface area contributed by atoms with Crippen molar-refractivity contribution in [2.45, 2.75) is 15.9 Å². The van der Waals surface area contributed by atoms with E-state index in [1.807, 2.05) is 18.2 Å². The van der Waals surface area contributed by atoms with Crippen molar-refractivity contribution in [3.63, 3.8) is 0 Å². The van der Waals surface area contributed by atoms with Gasteiger partial charge in [0, 0.05) is 18.0 Å². The minimum absolute atomic E-state index is 0.105. The lowest BCUT2D eigenvalue weighted by Crippen LogP contribution is -2.15. The quantitative estimate of drug-likeness (QED) is 0.517. The molecule has 0 spiro atoms. The molecule has 0 aliphatic rings. The third-order valence-corrected chi connectivity index (χ3v) is 4.74. The Bertz CT molecular complexity index is 910. The zero-order chi connectivity index (χ0) is 16.9. The van der Waals surface area contributed by atoms with Gasteiger partial charge in [0.25, 0.3) is 11.3 Å². The standard InChI is InChI=1S/C14H13N5O3S2/c1-22-12(21)8-24-14-17-13-16-9(6-11(20)19(13)18-14)7-23-10-4-2-3-5-15-10/h2-6H,7-8H2,1H3,(H,16,17,18). The molecule has 0 unspecified atom stereocenters. The highest BCUT2D eigenvalue weighted by molar-refractivity contribution is 7.99. The Labute approximate surface area is 145 Å². The fourth-order valence-electron chi connectivity index (χ4n) is 1.81. The number of H-pyrrole nitrogens is 1. The van der Waals surface area contributed by atoms with Gasteiger partial charge in [0.1, 0.15) is 0 Å². The van der Waals surface area contributed by atoms with Gasteiger partial charge in [-0.1, -0.05) is 17.8 Å². The number of nitrogens with one attached hydrogen (secondary N) is 1. The predicted octanol–water partition coefficient (Wildman–Crippen LogP) is 1.37. The van der Waals surface area contributed by atoms with Gasteiger partial charge in [0.2, 0.25) is 0 Å². The number of aromatic amines is 1. The molecule has 10 heteroatoms. The second kappa shape index (κ2) is 7.49. The van der Waals surface area contributed by atoms with Gasteiger partial charge in [0.05, 0.1) is 23.6 Å². The number of hydrogen-bond acceptors (Lipinski definition) is 8. The first-order chi connectivity index (χ1) is 11.7. The van der Waals surface area contributed by atoms with Crippen molar-refractivity contribution in [2.24, 2.45) is 0 Å². The number of methoxy groups -OCH3 is 1. The molecule has 0 radical (unpaired) electrons. The Hall–Kier alpha value is -2.33. The van der Waals surface area contributed by atoms with E-state index in [9.17, 15) is 9.59 Å². The van der Waals surface area contributed by atoms with Gasteiger partial charge in [0.15, 0.2) is 5.16 Å². The van der Waals surface area contributed by atoms with E-state index in [1.165, 1.54) is 29.5 Å². The van der Waals surface area contributed by atoms with Crippen LogP contribution in [0.15, 0.2) is 45.4 Å². The number of fused-ring (bicyclic) bond motifs is 1. The monoisotopic (exact) mass is 363 g/mol. The Morgan fingerprint density at radius 1 is 1.33 bits per heavy atom. The number of rotatable bonds is 6. The largest absolute Gasteiger partial charge is 0.468 e. The molecule has 0 aliphatic heterocycles. The van der Waals surface area contributed by atoms with E-state index in [1.54, 1.807) is 6.20 Å². The Kier molecular flexibility index (Phi) is 5.16. The maximum absolute atomic E-state index is 12.1. The fourth-order valence-corrected chi connectivity index (χ4v) is 3.24. The van der Waals surface area contributed by atoms with E-state index in [2.05, 4.69) is 24.8 Å². The molecule has 0 saturated heterocycles. The van der Waals surface area contributed by atoms with E-state index in [4.69, 9.17) is 0 Å². The zero-order valence-corrected chi connectivity index (χ0v) is 14.3. The highest BCUT2D eigenvalue weighted by Crippen LogP contribution is 2.19. The number of aromatic nitrogens is 5. The second-order valence-electron chi connectivity index (χ2n) is 4.57. The third-order valence-electron chi connectivity index (χ3n) is 2.92. The van der Waals surface area contributed by atoms with Gasteiger partial charge in [-0.3, -0.25) is 14.7 Å². The second-order valence-corrected chi connectivity index (χ2v) is 6.53. The third kappa shape index (κ3) is 3.95. The molecule has 0 bridgehead atoms. The van der Waals surface area contributed by atoms with Crippen LogP contribution in [0.1, 0.15) is 5.69 Å². The number of ether oxygens (including phenoxy) is 1. The predicted molar refractivity (Wildman–Crippen MR) is 90.1 cm³/mol. The van der Waals surface area contributed by atoms with Crippen molar-refractivity contribution in [3.05, 3.63) is 46.5 Å². The molecule has 24 heavy (non-hydrogen) atoms. The summed E-state index contributed by atoms with van der Waals surface area (Å²) >= 11 is 2.64. The molecule has 0 aromatic carbocycles. The SMILES string of the molecule is COC(=O)CSc1nc2nc(CSc3ccccn3)cc(=O)n2[nH]1. The number of esters is 1. The fraction of sp³-hybridized carbons (Fsp3) is 0.214. The molecule has 1 N–H and O–H groups in total. The van der Waals surface area contributed by atoms with Crippen LogP contribution in [0.25, 0.3) is 5.78 Å². The Morgan fingerprint density at radius 3 is 2.96 bits per heavy atom. The first-order valence-electron chi connectivity index (χ1n) is 6.88. The number of nitrogens with zero attached hydrogens (tertiary/aromatic N) is 4. The lowest BCUT2D eigenvalue weighted by molar-refractivity contribution is -0.137. The minimum atomic E-state index is -0.367. The summed E-state index contributed by atoms with van der Waals surface area (Å²) < 4.78 is 5.81. The van der Waals surface area contributed by atoms with Gasteiger partial charge < -0.3 is 4.74 Å². The van der Waals surface area contributed by atoms with Crippen LogP contribution in [0.2, 0.25) is 0 Å². The number of thioether (sulfide) groups is 2. The van der Waals surface area contributed by atoms with E-state index < -0.39 is 0 Å². The van der Waals surface area contributed by atoms with Gasteiger partial charge in [-0.05, 0) is 12.1 Å². The van der Waals surface area contributed by atoms with Gasteiger partial charge in [-0.2, -0.15) is 9.50 Å². The van der Waals surface area contributed by atoms with Gasteiger partial charge in [-0.15, -0.1) is 11.8 Å². The number of carbonyl (C=O) groups is 1. The maximum atomic E-state index is 12.1. The summed E-state index contributed by atoms with van der Waals surface area (Å²) in [5.74, 6) is 0.521. The molecule has 3 heterocycles. The van der Waals surface area contributed by atoms with E-state index in [0.717, 1.165) is 16.8 Å². The van der Waals surface area contributed by atoms with Crippen molar-refractivity contribution in [2.75, 3.05) is 12.9 Å². The molecular formula is C14H13N5O3S2. The average Bonchev–Trinajstić information content (AvgIpc) is 3.02. The lowest BCUT2D eigenvalue weighted by Gasteiger charge is -2.00. The Morgan fingerprint density at radius 2 is 2.21 bits per heavy atom. The summed E-state index contributed by atoms with van der Waals surface area (Å²) in [7, 11) is 1.32. The highest BCUT2D eigenvalue weighted by Gasteiger charge is 2.10. The first kappa shape index (κ1) is 16.5. The van der Waals surface area contributed by atoms with E-state index in [0.29, 0.717) is 16.6 Å². The van der Waals surface area contributed by atoms with Crippen LogP contribution < -0.4 is 5.56 Å². The molecule has 0 aliphatic carbocycles.